The summed E-state index contributed by atoms with van der Waals surface area (Å²) >= 11 is 5.91. The average Bonchev–Trinajstić information content (AvgIpc) is 3.05. The Balaban J connectivity index is 1.49. The highest BCUT2D eigenvalue weighted by Crippen LogP contribution is 2.21. The predicted octanol–water partition coefficient (Wildman–Crippen LogP) is 3.38. The van der Waals surface area contributed by atoms with Crippen LogP contribution in [0.5, 0.6) is 0 Å². The highest BCUT2D eigenvalue weighted by Gasteiger charge is 2.05. The number of nitrogens with one attached hydrogen (secondary N) is 1. The molecule has 3 rings (SSSR count). The summed E-state index contributed by atoms with van der Waals surface area (Å²) in [6.07, 6.45) is 2.82. The molecule has 5 nitrogen and oxygen atoms in total. The van der Waals surface area contributed by atoms with E-state index in [1.165, 1.54) is 0 Å². The largest absolute Gasteiger partial charge is 0.352 e. The van der Waals surface area contributed by atoms with Gasteiger partial charge in [-0.1, -0.05) is 53.2 Å². The van der Waals surface area contributed by atoms with Crippen molar-refractivity contribution in [2.24, 2.45) is 7.05 Å². The van der Waals surface area contributed by atoms with Crippen LogP contribution in [-0.4, -0.2) is 20.9 Å². The number of carbonyl (C=O) groups excluding carboxylic acids is 1. The van der Waals surface area contributed by atoms with Crippen LogP contribution in [0.15, 0.2) is 54.7 Å². The van der Waals surface area contributed by atoms with Crippen LogP contribution in [0, 0.1) is 0 Å². The van der Waals surface area contributed by atoms with Crippen LogP contribution in [0.3, 0.4) is 0 Å². The fraction of sp³-hybridized carbons (Fsp3) is 0.211. The van der Waals surface area contributed by atoms with E-state index in [1.54, 1.807) is 4.68 Å². The van der Waals surface area contributed by atoms with Gasteiger partial charge >= 0.3 is 0 Å². The molecular weight excluding hydrogens is 336 g/mol. The number of carbonyl (C=O) groups is 1. The van der Waals surface area contributed by atoms with E-state index < -0.39 is 0 Å². The number of aryl methyl sites for hydroxylation is 2. The minimum absolute atomic E-state index is 0.00688. The Morgan fingerprint density at radius 1 is 1.08 bits per heavy atom. The molecule has 6 heteroatoms. The summed E-state index contributed by atoms with van der Waals surface area (Å²) in [7, 11) is 1.81. The Hall–Kier alpha value is -2.66. The molecule has 0 radical (unpaired) electrons. The van der Waals surface area contributed by atoms with Gasteiger partial charge in [-0.05, 0) is 28.8 Å². The topological polar surface area (TPSA) is 59.8 Å². The highest BCUT2D eigenvalue weighted by atomic mass is 35.5. The first-order valence-electron chi connectivity index (χ1n) is 8.07. The number of benzene rings is 2. The van der Waals surface area contributed by atoms with Gasteiger partial charge in [-0.15, -0.1) is 5.10 Å². The molecule has 1 amide bonds. The van der Waals surface area contributed by atoms with Gasteiger partial charge in [0.05, 0.1) is 5.69 Å². The maximum Gasteiger partial charge on any atom is 0.220 e. The van der Waals surface area contributed by atoms with Gasteiger partial charge in [0.2, 0.25) is 5.91 Å². The summed E-state index contributed by atoms with van der Waals surface area (Å²) in [6.45, 7) is 0.514. The molecule has 0 unspecified atom stereocenters. The van der Waals surface area contributed by atoms with Crippen molar-refractivity contribution < 1.29 is 4.79 Å². The first-order valence-corrected chi connectivity index (χ1v) is 8.45. The predicted molar refractivity (Wildman–Crippen MR) is 98.1 cm³/mol. The van der Waals surface area contributed by atoms with Gasteiger partial charge < -0.3 is 5.32 Å². The van der Waals surface area contributed by atoms with Crippen LogP contribution in [0.1, 0.15) is 17.7 Å². The van der Waals surface area contributed by atoms with Crippen molar-refractivity contribution in [3.8, 4) is 11.1 Å². The third kappa shape index (κ3) is 4.90. The van der Waals surface area contributed by atoms with E-state index in [0.29, 0.717) is 19.4 Å². The second-order valence-electron chi connectivity index (χ2n) is 5.86. The van der Waals surface area contributed by atoms with E-state index in [-0.39, 0.29) is 5.91 Å². The molecule has 25 heavy (non-hydrogen) atoms. The molecule has 0 bridgehead atoms. The van der Waals surface area contributed by atoms with Crippen LogP contribution < -0.4 is 5.32 Å². The zero-order valence-corrected chi connectivity index (χ0v) is 14.7. The number of hydrogen-bond donors (Lipinski definition) is 1. The number of hydrogen-bond acceptors (Lipinski definition) is 3. The minimum Gasteiger partial charge on any atom is -0.352 e. The first kappa shape index (κ1) is 17.2. The Morgan fingerprint density at radius 3 is 2.32 bits per heavy atom. The van der Waals surface area contributed by atoms with E-state index in [4.69, 9.17) is 11.6 Å². The zero-order valence-electron chi connectivity index (χ0n) is 13.9. The fourth-order valence-corrected chi connectivity index (χ4v) is 2.62. The number of amides is 1. The number of nitrogens with zero attached hydrogens (tertiary/aromatic N) is 3. The average molecular weight is 355 g/mol. The zero-order chi connectivity index (χ0) is 17.6. The summed E-state index contributed by atoms with van der Waals surface area (Å²) < 4.78 is 1.63. The summed E-state index contributed by atoms with van der Waals surface area (Å²) in [5.74, 6) is 0.00688. The molecule has 1 N–H and O–H groups in total. The Kier molecular flexibility index (Phi) is 5.46. The molecule has 0 aliphatic rings. The van der Waals surface area contributed by atoms with Gasteiger partial charge in [0.25, 0.3) is 0 Å². The lowest BCUT2D eigenvalue weighted by molar-refractivity contribution is -0.121. The van der Waals surface area contributed by atoms with E-state index in [0.717, 1.165) is 27.4 Å². The van der Waals surface area contributed by atoms with Crippen molar-refractivity contribution in [3.63, 3.8) is 0 Å². The van der Waals surface area contributed by atoms with Crippen molar-refractivity contribution in [2.45, 2.75) is 19.4 Å². The molecular formula is C19H19ClN4O. The molecule has 0 saturated carbocycles. The van der Waals surface area contributed by atoms with E-state index in [1.807, 2.05) is 61.8 Å². The summed E-state index contributed by atoms with van der Waals surface area (Å²) in [6, 6.07) is 15.9. The SMILES string of the molecule is Cn1cc(CCC(=O)NCc2ccc(-c3ccc(Cl)cc3)cc2)nn1. The maximum atomic E-state index is 11.9. The van der Waals surface area contributed by atoms with Gasteiger partial charge in [-0.2, -0.15) is 0 Å². The maximum absolute atomic E-state index is 11.9. The van der Waals surface area contributed by atoms with Crippen LogP contribution in [0.2, 0.25) is 5.02 Å². The van der Waals surface area contributed by atoms with Crippen LogP contribution in [0.25, 0.3) is 11.1 Å². The lowest BCUT2D eigenvalue weighted by atomic mass is 10.0. The van der Waals surface area contributed by atoms with Crippen LogP contribution >= 0.6 is 11.6 Å². The summed E-state index contributed by atoms with van der Waals surface area (Å²) in [5.41, 5.74) is 4.12. The Morgan fingerprint density at radius 2 is 1.72 bits per heavy atom. The van der Waals surface area contributed by atoms with Crippen LogP contribution in [-0.2, 0) is 24.8 Å². The number of rotatable bonds is 6. The van der Waals surface area contributed by atoms with E-state index in [9.17, 15) is 4.79 Å². The molecule has 0 fully saturated rings. The third-order valence-corrected chi connectivity index (χ3v) is 4.13. The molecule has 0 saturated heterocycles. The van der Waals surface area contributed by atoms with Crippen molar-refractivity contribution in [1.82, 2.24) is 20.3 Å². The van der Waals surface area contributed by atoms with Gasteiger partial charge in [-0.25, -0.2) is 0 Å². The van der Waals surface area contributed by atoms with Crippen molar-refractivity contribution in [1.29, 1.82) is 0 Å². The van der Waals surface area contributed by atoms with Gasteiger partial charge in [0, 0.05) is 37.7 Å². The van der Waals surface area contributed by atoms with Crippen molar-refractivity contribution >= 4 is 17.5 Å². The molecule has 1 aromatic heterocycles. The normalized spacial score (nSPS) is 10.6. The molecule has 0 spiro atoms. The Labute approximate surface area is 151 Å². The lowest BCUT2D eigenvalue weighted by Crippen LogP contribution is -2.23. The van der Waals surface area contributed by atoms with Gasteiger partial charge in [0.1, 0.15) is 0 Å². The first-order chi connectivity index (χ1) is 12.1. The fourth-order valence-electron chi connectivity index (χ4n) is 2.50. The number of halogens is 1. The second kappa shape index (κ2) is 7.94. The molecule has 3 aromatic rings. The third-order valence-electron chi connectivity index (χ3n) is 3.88. The standard InChI is InChI=1S/C19H19ClN4O/c1-24-13-18(22-23-24)10-11-19(25)21-12-14-2-4-15(5-3-14)16-6-8-17(20)9-7-16/h2-9,13H,10-12H2,1H3,(H,21,25). The van der Waals surface area contributed by atoms with Gasteiger partial charge in [-0.3, -0.25) is 9.48 Å². The van der Waals surface area contributed by atoms with Crippen molar-refractivity contribution in [2.75, 3.05) is 0 Å². The van der Waals surface area contributed by atoms with E-state index in [2.05, 4.69) is 15.6 Å². The lowest BCUT2D eigenvalue weighted by Gasteiger charge is -2.07. The number of aromatic nitrogens is 3. The summed E-state index contributed by atoms with van der Waals surface area (Å²) in [5, 5.41) is 11.5. The smallest absolute Gasteiger partial charge is 0.220 e. The van der Waals surface area contributed by atoms with E-state index >= 15 is 0 Å². The molecule has 128 valence electrons. The quantitative estimate of drug-likeness (QED) is 0.738. The monoisotopic (exact) mass is 354 g/mol. The molecule has 0 atom stereocenters. The highest BCUT2D eigenvalue weighted by molar-refractivity contribution is 6.30. The Bertz CT molecular complexity index is 841. The molecule has 2 aromatic carbocycles. The minimum atomic E-state index is 0.00688. The second-order valence-corrected chi connectivity index (χ2v) is 6.30. The molecule has 0 aliphatic heterocycles. The van der Waals surface area contributed by atoms with Crippen LogP contribution in [0.4, 0.5) is 0 Å². The summed E-state index contributed by atoms with van der Waals surface area (Å²) in [4.78, 5) is 11.9. The molecule has 0 aliphatic carbocycles. The van der Waals surface area contributed by atoms with Crippen molar-refractivity contribution in [3.05, 3.63) is 71.0 Å². The van der Waals surface area contributed by atoms with Gasteiger partial charge in [0.15, 0.2) is 0 Å². The molecule has 1 heterocycles.